The van der Waals surface area contributed by atoms with Gasteiger partial charge in [-0.1, -0.05) is 25.1 Å². The lowest BCUT2D eigenvalue weighted by molar-refractivity contribution is -0.115. The predicted molar refractivity (Wildman–Crippen MR) is 70.3 cm³/mol. The first-order valence-corrected chi connectivity index (χ1v) is 6.53. The quantitative estimate of drug-likeness (QED) is 0.838. The van der Waals surface area contributed by atoms with E-state index < -0.39 is 0 Å². The molecule has 1 aromatic carbocycles. The standard InChI is InChI=1S/C13H12N2OS/c1-2-11-13(16)15-10-7-14-9-6-4-3-5-8(9)12(10)17-11/h3-7,11H,2H2,1H3,(H,15,16). The zero-order valence-corrected chi connectivity index (χ0v) is 10.3. The third-order valence-corrected chi connectivity index (χ3v) is 4.41. The monoisotopic (exact) mass is 244 g/mol. The fourth-order valence-electron chi connectivity index (χ4n) is 2.01. The minimum Gasteiger partial charge on any atom is -0.323 e. The topological polar surface area (TPSA) is 42.0 Å². The maximum atomic E-state index is 11.8. The molecule has 0 saturated heterocycles. The average Bonchev–Trinajstić information content (AvgIpc) is 2.37. The van der Waals surface area contributed by atoms with Crippen molar-refractivity contribution in [2.75, 3.05) is 5.32 Å². The van der Waals surface area contributed by atoms with Crippen molar-refractivity contribution in [1.29, 1.82) is 0 Å². The Kier molecular flexibility index (Phi) is 2.52. The summed E-state index contributed by atoms with van der Waals surface area (Å²) in [6, 6.07) is 8.03. The summed E-state index contributed by atoms with van der Waals surface area (Å²) in [5.41, 5.74) is 1.81. The number of hydrogen-bond donors (Lipinski definition) is 1. The van der Waals surface area contributed by atoms with E-state index in [1.54, 1.807) is 18.0 Å². The molecule has 4 heteroatoms. The van der Waals surface area contributed by atoms with E-state index in [1.165, 1.54) is 0 Å². The highest BCUT2D eigenvalue weighted by Gasteiger charge is 2.26. The molecule has 1 aliphatic heterocycles. The van der Waals surface area contributed by atoms with Gasteiger partial charge in [0.15, 0.2) is 0 Å². The second kappa shape index (κ2) is 4.04. The first-order valence-electron chi connectivity index (χ1n) is 5.65. The fourth-order valence-corrected chi connectivity index (χ4v) is 3.16. The summed E-state index contributed by atoms with van der Waals surface area (Å²) >= 11 is 1.64. The molecule has 1 aromatic heterocycles. The summed E-state index contributed by atoms with van der Waals surface area (Å²) in [5, 5.41) is 4.06. The van der Waals surface area contributed by atoms with Crippen molar-refractivity contribution in [1.82, 2.24) is 4.98 Å². The van der Waals surface area contributed by atoms with Crippen LogP contribution in [0.3, 0.4) is 0 Å². The first kappa shape index (κ1) is 10.6. The Bertz CT molecular complexity index is 597. The van der Waals surface area contributed by atoms with Gasteiger partial charge in [0.05, 0.1) is 22.7 Å². The number of carbonyl (C=O) groups excluding carboxylic acids is 1. The molecule has 1 aliphatic rings. The molecule has 1 atom stereocenters. The number of amides is 1. The van der Waals surface area contributed by atoms with Crippen LogP contribution in [0.5, 0.6) is 0 Å². The molecule has 3 nitrogen and oxygen atoms in total. The van der Waals surface area contributed by atoms with Crippen molar-refractivity contribution < 1.29 is 4.79 Å². The van der Waals surface area contributed by atoms with Crippen LogP contribution in [-0.2, 0) is 4.79 Å². The van der Waals surface area contributed by atoms with Gasteiger partial charge in [-0.15, -0.1) is 11.8 Å². The molecular weight excluding hydrogens is 232 g/mol. The Balaban J connectivity index is 2.20. The van der Waals surface area contributed by atoms with Gasteiger partial charge in [0.2, 0.25) is 5.91 Å². The number of thioether (sulfide) groups is 1. The number of benzene rings is 1. The van der Waals surface area contributed by atoms with Gasteiger partial charge < -0.3 is 5.32 Å². The molecule has 1 amide bonds. The Hall–Kier alpha value is -1.55. The van der Waals surface area contributed by atoms with E-state index >= 15 is 0 Å². The number of carbonyl (C=O) groups is 1. The number of pyridine rings is 1. The molecule has 86 valence electrons. The zero-order valence-electron chi connectivity index (χ0n) is 9.43. The van der Waals surface area contributed by atoms with Crippen molar-refractivity contribution in [2.45, 2.75) is 23.5 Å². The Morgan fingerprint density at radius 2 is 2.24 bits per heavy atom. The van der Waals surface area contributed by atoms with E-state index in [4.69, 9.17) is 0 Å². The Labute approximate surface area is 104 Å². The highest BCUT2D eigenvalue weighted by atomic mass is 32.2. The van der Waals surface area contributed by atoms with Crippen LogP contribution in [-0.4, -0.2) is 16.1 Å². The lowest BCUT2D eigenvalue weighted by Gasteiger charge is -2.23. The molecular formula is C13H12N2OS. The van der Waals surface area contributed by atoms with E-state index in [1.807, 2.05) is 25.1 Å². The number of anilines is 1. The van der Waals surface area contributed by atoms with E-state index in [-0.39, 0.29) is 11.2 Å². The summed E-state index contributed by atoms with van der Waals surface area (Å²) in [6.45, 7) is 2.03. The number of hydrogen-bond acceptors (Lipinski definition) is 3. The Morgan fingerprint density at radius 3 is 3.06 bits per heavy atom. The normalized spacial score (nSPS) is 18.9. The number of fused-ring (bicyclic) bond motifs is 3. The van der Waals surface area contributed by atoms with Crippen molar-refractivity contribution >= 4 is 34.3 Å². The van der Waals surface area contributed by atoms with Crippen molar-refractivity contribution in [2.24, 2.45) is 0 Å². The van der Waals surface area contributed by atoms with Gasteiger partial charge in [-0.25, -0.2) is 0 Å². The SMILES string of the molecule is CCC1Sc2c(cnc3ccccc23)NC1=O. The molecule has 3 rings (SSSR count). The number of para-hydroxylation sites is 1. The van der Waals surface area contributed by atoms with Crippen molar-refractivity contribution in [3.05, 3.63) is 30.5 Å². The third kappa shape index (κ3) is 1.69. The van der Waals surface area contributed by atoms with Crippen LogP contribution in [0.25, 0.3) is 10.9 Å². The fraction of sp³-hybridized carbons (Fsp3) is 0.231. The lowest BCUT2D eigenvalue weighted by Crippen LogP contribution is -2.28. The van der Waals surface area contributed by atoms with Gasteiger partial charge in [-0.3, -0.25) is 9.78 Å². The zero-order chi connectivity index (χ0) is 11.8. The first-order chi connectivity index (χ1) is 8.29. The minimum atomic E-state index is 0.00769. The smallest absolute Gasteiger partial charge is 0.237 e. The van der Waals surface area contributed by atoms with Crippen LogP contribution in [0.2, 0.25) is 0 Å². The van der Waals surface area contributed by atoms with Crippen LogP contribution >= 0.6 is 11.8 Å². The van der Waals surface area contributed by atoms with Crippen LogP contribution in [0.4, 0.5) is 5.69 Å². The largest absolute Gasteiger partial charge is 0.323 e. The number of rotatable bonds is 1. The van der Waals surface area contributed by atoms with Gasteiger partial charge in [0.25, 0.3) is 0 Å². The summed E-state index contributed by atoms with van der Waals surface area (Å²) < 4.78 is 0. The maximum absolute atomic E-state index is 11.8. The molecule has 0 saturated carbocycles. The summed E-state index contributed by atoms with van der Waals surface area (Å²) in [5.74, 6) is 0.0853. The summed E-state index contributed by atoms with van der Waals surface area (Å²) in [6.07, 6.45) is 2.58. The van der Waals surface area contributed by atoms with Crippen LogP contribution in [0, 0.1) is 0 Å². The van der Waals surface area contributed by atoms with Gasteiger partial charge >= 0.3 is 0 Å². The Morgan fingerprint density at radius 1 is 1.41 bits per heavy atom. The van der Waals surface area contributed by atoms with Gasteiger partial charge in [0, 0.05) is 10.3 Å². The highest BCUT2D eigenvalue weighted by molar-refractivity contribution is 8.01. The molecule has 1 N–H and O–H groups in total. The number of nitrogens with zero attached hydrogens (tertiary/aromatic N) is 1. The lowest BCUT2D eigenvalue weighted by atomic mass is 10.2. The molecule has 0 spiro atoms. The molecule has 2 aromatic rings. The number of aromatic nitrogens is 1. The minimum absolute atomic E-state index is 0.00769. The summed E-state index contributed by atoms with van der Waals surface area (Å²) in [4.78, 5) is 17.3. The van der Waals surface area contributed by atoms with E-state index in [0.29, 0.717) is 0 Å². The maximum Gasteiger partial charge on any atom is 0.237 e. The molecule has 17 heavy (non-hydrogen) atoms. The second-order valence-corrected chi connectivity index (χ2v) is 5.24. The van der Waals surface area contributed by atoms with Gasteiger partial charge in [-0.05, 0) is 12.5 Å². The molecule has 0 radical (unpaired) electrons. The van der Waals surface area contributed by atoms with Gasteiger partial charge in [0.1, 0.15) is 0 Å². The highest BCUT2D eigenvalue weighted by Crippen LogP contribution is 2.40. The average molecular weight is 244 g/mol. The van der Waals surface area contributed by atoms with Crippen LogP contribution < -0.4 is 5.32 Å². The third-order valence-electron chi connectivity index (χ3n) is 2.91. The molecule has 2 heterocycles. The van der Waals surface area contributed by atoms with E-state index in [9.17, 15) is 4.79 Å². The summed E-state index contributed by atoms with van der Waals surface area (Å²) in [7, 11) is 0. The molecule has 0 fully saturated rings. The number of nitrogens with one attached hydrogen (secondary N) is 1. The van der Waals surface area contributed by atoms with Crippen molar-refractivity contribution in [3.8, 4) is 0 Å². The molecule has 1 unspecified atom stereocenters. The van der Waals surface area contributed by atoms with Gasteiger partial charge in [-0.2, -0.15) is 0 Å². The van der Waals surface area contributed by atoms with Crippen LogP contribution in [0.1, 0.15) is 13.3 Å². The van der Waals surface area contributed by atoms with E-state index in [2.05, 4.69) is 16.4 Å². The predicted octanol–water partition coefficient (Wildman–Crippen LogP) is 3.06. The second-order valence-electron chi connectivity index (χ2n) is 4.02. The molecule has 0 bridgehead atoms. The van der Waals surface area contributed by atoms with Crippen LogP contribution in [0.15, 0.2) is 35.4 Å². The van der Waals surface area contributed by atoms with Crippen molar-refractivity contribution in [3.63, 3.8) is 0 Å². The molecule has 0 aliphatic carbocycles. The van der Waals surface area contributed by atoms with E-state index in [0.717, 1.165) is 27.9 Å².